The van der Waals surface area contributed by atoms with E-state index in [-0.39, 0.29) is 0 Å². The van der Waals surface area contributed by atoms with Crippen molar-refractivity contribution < 1.29 is 13.9 Å². The van der Waals surface area contributed by atoms with Gasteiger partial charge in [-0.25, -0.2) is 9.61 Å². The highest BCUT2D eigenvalue weighted by Crippen LogP contribution is 2.39. The normalized spacial score (nSPS) is 17.6. The first-order valence-electron chi connectivity index (χ1n) is 10.7. The Morgan fingerprint density at radius 3 is 2.16 bits per heavy atom. The molecule has 32 heavy (non-hydrogen) atoms. The smallest absolute Gasteiger partial charge is 0.399 e. The van der Waals surface area contributed by atoms with Crippen LogP contribution in [-0.2, 0) is 9.31 Å². The number of hydrogen-bond donors (Lipinski definition) is 0. The van der Waals surface area contributed by atoms with E-state index in [9.17, 15) is 0 Å². The maximum Gasteiger partial charge on any atom is 0.497 e. The SMILES string of the molecule is CC1(C)OB(c2cc3c(-c4ccccc4)nc4ccccc4c3c3nonc23)OC1(C)C. The topological polar surface area (TPSA) is 70.3 Å². The lowest BCUT2D eigenvalue weighted by atomic mass is 9.76. The highest BCUT2D eigenvalue weighted by Gasteiger charge is 2.52. The summed E-state index contributed by atoms with van der Waals surface area (Å²) in [6.45, 7) is 8.15. The van der Waals surface area contributed by atoms with Crippen molar-refractivity contribution in [1.82, 2.24) is 15.3 Å². The number of benzene rings is 3. The fourth-order valence-corrected chi connectivity index (χ4v) is 4.35. The van der Waals surface area contributed by atoms with Gasteiger partial charge in [-0.05, 0) is 45.0 Å². The van der Waals surface area contributed by atoms with Gasteiger partial charge in [0.25, 0.3) is 0 Å². The van der Waals surface area contributed by atoms with Gasteiger partial charge < -0.3 is 9.31 Å². The van der Waals surface area contributed by atoms with Crippen LogP contribution in [0.1, 0.15) is 27.7 Å². The summed E-state index contributed by atoms with van der Waals surface area (Å²) in [7, 11) is -0.589. The fraction of sp³-hybridized carbons (Fsp3) is 0.240. The van der Waals surface area contributed by atoms with E-state index in [0.29, 0.717) is 11.0 Å². The Balaban J connectivity index is 1.72. The standard InChI is InChI=1S/C25H22BN3O3/c1-24(2)25(3,4)31-26(30-24)18-14-17-20(23-22(18)28-32-29-23)16-12-8-9-13-19(16)27-21(17)15-10-6-5-7-11-15/h5-14H,1-4H3. The number of pyridine rings is 1. The first-order chi connectivity index (χ1) is 15.4. The molecule has 0 spiro atoms. The lowest BCUT2D eigenvalue weighted by Crippen LogP contribution is -2.41. The lowest BCUT2D eigenvalue weighted by molar-refractivity contribution is 0.00578. The van der Waals surface area contributed by atoms with Crippen molar-refractivity contribution >= 4 is 45.3 Å². The van der Waals surface area contributed by atoms with Crippen molar-refractivity contribution in [1.29, 1.82) is 0 Å². The van der Waals surface area contributed by atoms with E-state index in [2.05, 4.69) is 34.6 Å². The van der Waals surface area contributed by atoms with E-state index in [1.807, 2.05) is 64.1 Å². The molecule has 0 saturated carbocycles. The highest BCUT2D eigenvalue weighted by molar-refractivity contribution is 6.65. The molecule has 0 radical (unpaired) electrons. The second kappa shape index (κ2) is 6.61. The van der Waals surface area contributed by atoms with Crippen molar-refractivity contribution in [2.75, 3.05) is 0 Å². The van der Waals surface area contributed by atoms with E-state index in [4.69, 9.17) is 18.9 Å². The van der Waals surface area contributed by atoms with Gasteiger partial charge in [0.05, 0.1) is 22.4 Å². The van der Waals surface area contributed by atoms with Gasteiger partial charge in [0, 0.05) is 27.2 Å². The van der Waals surface area contributed by atoms with Crippen molar-refractivity contribution in [3.05, 3.63) is 60.7 Å². The molecule has 0 amide bonds. The third kappa shape index (κ3) is 2.71. The molecule has 5 aromatic rings. The second-order valence-electron chi connectivity index (χ2n) is 9.28. The predicted molar refractivity (Wildman–Crippen MR) is 126 cm³/mol. The van der Waals surface area contributed by atoms with Crippen LogP contribution in [0, 0.1) is 0 Å². The Hall–Kier alpha value is -3.29. The summed E-state index contributed by atoms with van der Waals surface area (Å²) in [5.41, 5.74) is 3.98. The van der Waals surface area contributed by atoms with Crippen LogP contribution >= 0.6 is 0 Å². The van der Waals surface area contributed by atoms with Crippen LogP contribution in [0.25, 0.3) is 44.0 Å². The average molecular weight is 423 g/mol. The molecule has 7 heteroatoms. The van der Waals surface area contributed by atoms with Gasteiger partial charge in [0.1, 0.15) is 11.0 Å². The van der Waals surface area contributed by atoms with Crippen LogP contribution in [-0.4, -0.2) is 33.6 Å². The van der Waals surface area contributed by atoms with Gasteiger partial charge in [-0.1, -0.05) is 53.7 Å². The first-order valence-corrected chi connectivity index (χ1v) is 10.7. The van der Waals surface area contributed by atoms with Gasteiger partial charge >= 0.3 is 7.12 Å². The Kier molecular flexibility index (Phi) is 4.01. The largest absolute Gasteiger partial charge is 0.497 e. The van der Waals surface area contributed by atoms with Gasteiger partial charge in [-0.2, -0.15) is 0 Å². The summed E-state index contributed by atoms with van der Waals surface area (Å²) in [6, 6.07) is 20.3. The number of rotatable bonds is 2. The number of aromatic nitrogens is 3. The molecular formula is C25H22BN3O3. The number of fused-ring (bicyclic) bond motifs is 5. The van der Waals surface area contributed by atoms with Crippen LogP contribution in [0.15, 0.2) is 65.3 Å². The van der Waals surface area contributed by atoms with Gasteiger partial charge in [0.15, 0.2) is 0 Å². The monoisotopic (exact) mass is 423 g/mol. The molecule has 1 fully saturated rings. The molecule has 0 bridgehead atoms. The van der Waals surface area contributed by atoms with Crippen LogP contribution in [0.2, 0.25) is 0 Å². The van der Waals surface area contributed by atoms with Crippen molar-refractivity contribution in [3.8, 4) is 11.3 Å². The van der Waals surface area contributed by atoms with Gasteiger partial charge in [-0.15, -0.1) is 0 Å². The van der Waals surface area contributed by atoms with Crippen molar-refractivity contribution in [2.45, 2.75) is 38.9 Å². The third-order valence-electron chi connectivity index (χ3n) is 6.78. The molecule has 158 valence electrons. The van der Waals surface area contributed by atoms with E-state index >= 15 is 0 Å². The number of nitrogens with zero attached hydrogens (tertiary/aromatic N) is 3. The minimum atomic E-state index is -0.589. The quantitative estimate of drug-likeness (QED) is 0.298. The minimum Gasteiger partial charge on any atom is -0.399 e. The molecule has 0 unspecified atom stereocenters. The number of hydrogen-bond acceptors (Lipinski definition) is 6. The predicted octanol–water partition coefficient (Wildman–Crippen LogP) is 4.89. The van der Waals surface area contributed by atoms with E-state index in [0.717, 1.165) is 38.4 Å². The summed E-state index contributed by atoms with van der Waals surface area (Å²) < 4.78 is 18.0. The lowest BCUT2D eigenvalue weighted by Gasteiger charge is -2.32. The molecule has 6 nitrogen and oxygen atoms in total. The summed E-state index contributed by atoms with van der Waals surface area (Å²) in [5.74, 6) is 0. The Bertz CT molecular complexity index is 1480. The van der Waals surface area contributed by atoms with Crippen LogP contribution in [0.3, 0.4) is 0 Å². The zero-order valence-electron chi connectivity index (χ0n) is 18.4. The molecule has 6 rings (SSSR count). The van der Waals surface area contributed by atoms with Crippen molar-refractivity contribution in [3.63, 3.8) is 0 Å². The fourth-order valence-electron chi connectivity index (χ4n) is 4.35. The number of para-hydroxylation sites is 1. The summed E-state index contributed by atoms with van der Waals surface area (Å²) >= 11 is 0. The molecular weight excluding hydrogens is 401 g/mol. The summed E-state index contributed by atoms with van der Waals surface area (Å²) in [6.07, 6.45) is 0. The van der Waals surface area contributed by atoms with E-state index in [1.54, 1.807) is 0 Å². The highest BCUT2D eigenvalue weighted by atomic mass is 16.7. The molecule has 0 N–H and O–H groups in total. The molecule has 1 aliphatic heterocycles. The minimum absolute atomic E-state index is 0.472. The first kappa shape index (κ1) is 19.4. The average Bonchev–Trinajstić information content (AvgIpc) is 3.35. The molecule has 2 aromatic heterocycles. The van der Waals surface area contributed by atoms with Crippen LogP contribution in [0.4, 0.5) is 0 Å². The Morgan fingerprint density at radius 1 is 0.750 bits per heavy atom. The van der Waals surface area contributed by atoms with Gasteiger partial charge in [0.2, 0.25) is 0 Å². The van der Waals surface area contributed by atoms with E-state index in [1.165, 1.54) is 0 Å². The molecule has 1 aliphatic rings. The maximum atomic E-state index is 6.36. The third-order valence-corrected chi connectivity index (χ3v) is 6.78. The Morgan fingerprint density at radius 2 is 1.41 bits per heavy atom. The molecule has 0 aliphatic carbocycles. The summed E-state index contributed by atoms with van der Waals surface area (Å²) in [5, 5.41) is 11.5. The van der Waals surface area contributed by atoms with Crippen LogP contribution in [0.5, 0.6) is 0 Å². The molecule has 1 saturated heterocycles. The second-order valence-corrected chi connectivity index (χ2v) is 9.28. The maximum absolute atomic E-state index is 6.36. The molecule has 0 atom stereocenters. The Labute approximate surface area is 185 Å². The van der Waals surface area contributed by atoms with Gasteiger partial charge in [-0.3, -0.25) is 0 Å². The molecule has 3 aromatic carbocycles. The van der Waals surface area contributed by atoms with E-state index < -0.39 is 18.3 Å². The zero-order chi connectivity index (χ0) is 22.1. The van der Waals surface area contributed by atoms with Crippen molar-refractivity contribution in [2.24, 2.45) is 0 Å². The molecule has 3 heterocycles. The zero-order valence-corrected chi connectivity index (χ0v) is 18.4. The summed E-state index contributed by atoms with van der Waals surface area (Å²) in [4.78, 5) is 5.03. The van der Waals surface area contributed by atoms with Crippen LogP contribution < -0.4 is 5.46 Å².